The van der Waals surface area contributed by atoms with Gasteiger partial charge in [0, 0.05) is 19.4 Å². The van der Waals surface area contributed by atoms with E-state index in [1.807, 2.05) is 5.32 Å². The summed E-state index contributed by atoms with van der Waals surface area (Å²) in [4.78, 5) is 12.1. The molecule has 0 radical (unpaired) electrons. The van der Waals surface area contributed by atoms with Crippen LogP contribution in [0.4, 0.5) is 17.6 Å². The summed E-state index contributed by atoms with van der Waals surface area (Å²) in [6, 6.07) is 1.79. The number of carbonyl (C=O) groups excluding carboxylic acids is 1. The molecule has 1 aromatic carbocycles. The van der Waals surface area contributed by atoms with Crippen molar-refractivity contribution in [2.24, 2.45) is 0 Å². The molecule has 0 saturated heterocycles. The maximum Gasteiger partial charge on any atom is 0.416 e. The molecule has 0 spiro atoms. The van der Waals surface area contributed by atoms with Crippen molar-refractivity contribution in [3.05, 3.63) is 35.1 Å². The summed E-state index contributed by atoms with van der Waals surface area (Å²) < 4.78 is 51.9. The molecule has 1 fully saturated rings. The van der Waals surface area contributed by atoms with Gasteiger partial charge in [-0.1, -0.05) is 0 Å². The Morgan fingerprint density at radius 1 is 1.20 bits per heavy atom. The number of carbonyl (C=O) groups is 1. The number of aliphatic hydroxyl groups is 4. The zero-order valence-electron chi connectivity index (χ0n) is 12.8. The number of nitrogens with one attached hydrogen (secondary N) is 1. The third-order valence-corrected chi connectivity index (χ3v) is 4.12. The van der Waals surface area contributed by atoms with Gasteiger partial charge in [-0.25, -0.2) is 4.39 Å². The van der Waals surface area contributed by atoms with Gasteiger partial charge in [0.2, 0.25) is 0 Å². The lowest BCUT2D eigenvalue weighted by Crippen LogP contribution is -2.58. The van der Waals surface area contributed by atoms with E-state index in [0.717, 1.165) is 0 Å². The van der Waals surface area contributed by atoms with Crippen molar-refractivity contribution in [1.82, 2.24) is 5.32 Å². The number of benzene rings is 1. The van der Waals surface area contributed by atoms with Crippen LogP contribution in [-0.4, -0.2) is 50.2 Å². The van der Waals surface area contributed by atoms with Crippen molar-refractivity contribution in [3.63, 3.8) is 0 Å². The number of halogens is 4. The lowest BCUT2D eigenvalue weighted by molar-refractivity contribution is -0.173. The van der Waals surface area contributed by atoms with E-state index in [4.69, 9.17) is 0 Å². The van der Waals surface area contributed by atoms with E-state index in [0.29, 0.717) is 18.2 Å². The first-order valence-electron chi connectivity index (χ1n) is 7.34. The molecule has 1 amide bonds. The zero-order valence-corrected chi connectivity index (χ0v) is 12.8. The molecule has 1 aliphatic rings. The third kappa shape index (κ3) is 4.27. The summed E-state index contributed by atoms with van der Waals surface area (Å²) in [5, 5.41) is 40.8. The molecule has 2 atom stereocenters. The van der Waals surface area contributed by atoms with Crippen molar-refractivity contribution in [3.8, 4) is 0 Å². The molecule has 0 aliphatic heterocycles. The first-order valence-corrected chi connectivity index (χ1v) is 7.34. The van der Waals surface area contributed by atoms with Crippen LogP contribution in [0, 0.1) is 5.82 Å². The molecule has 140 valence electrons. The van der Waals surface area contributed by atoms with Crippen molar-refractivity contribution in [2.45, 2.75) is 49.5 Å². The summed E-state index contributed by atoms with van der Waals surface area (Å²) in [5.74, 6) is -2.07. The molecule has 1 aromatic rings. The van der Waals surface area contributed by atoms with Crippen LogP contribution in [0.5, 0.6) is 0 Å². The van der Waals surface area contributed by atoms with Crippen LogP contribution >= 0.6 is 0 Å². The average Bonchev–Trinajstić information content (AvgIpc) is 2.49. The van der Waals surface area contributed by atoms with Crippen LogP contribution in [0.15, 0.2) is 18.2 Å². The molecule has 10 heteroatoms. The van der Waals surface area contributed by atoms with E-state index in [1.165, 1.54) is 0 Å². The predicted molar refractivity (Wildman–Crippen MR) is 75.5 cm³/mol. The van der Waals surface area contributed by atoms with Crippen LogP contribution in [0.3, 0.4) is 0 Å². The maximum atomic E-state index is 13.2. The molecule has 0 bridgehead atoms. The van der Waals surface area contributed by atoms with Crippen LogP contribution in [0.2, 0.25) is 0 Å². The fourth-order valence-electron chi connectivity index (χ4n) is 2.78. The van der Waals surface area contributed by atoms with Gasteiger partial charge in [0.05, 0.1) is 17.8 Å². The van der Waals surface area contributed by atoms with Crippen LogP contribution < -0.4 is 5.32 Å². The second kappa shape index (κ2) is 6.87. The number of aliphatic hydroxyl groups excluding tert-OH is 3. The topological polar surface area (TPSA) is 110 Å². The molecule has 0 unspecified atom stereocenters. The fraction of sp³-hybridized carbons (Fsp3) is 0.533. The van der Waals surface area contributed by atoms with Gasteiger partial charge in [0.15, 0.2) is 0 Å². The Morgan fingerprint density at radius 3 is 2.28 bits per heavy atom. The Hall–Kier alpha value is -1.75. The number of amides is 1. The van der Waals surface area contributed by atoms with E-state index >= 15 is 0 Å². The lowest BCUT2D eigenvalue weighted by atomic mass is 9.79. The Kier molecular flexibility index (Phi) is 5.38. The van der Waals surface area contributed by atoms with Crippen molar-refractivity contribution in [2.75, 3.05) is 0 Å². The molecule has 6 nitrogen and oxygen atoms in total. The molecular weight excluding hydrogens is 350 g/mol. The first kappa shape index (κ1) is 19.6. The predicted octanol–water partition coefficient (Wildman–Crippen LogP) is 0.0683. The fourth-order valence-corrected chi connectivity index (χ4v) is 2.78. The van der Waals surface area contributed by atoms with E-state index < -0.39 is 72.3 Å². The minimum Gasteiger partial charge on any atom is -0.390 e. The Bertz CT molecular complexity index is 639. The molecule has 1 aliphatic carbocycles. The monoisotopic (exact) mass is 367 g/mol. The Balaban J connectivity index is 2.14. The summed E-state index contributed by atoms with van der Waals surface area (Å²) in [6.07, 6.45) is -10.7. The van der Waals surface area contributed by atoms with Gasteiger partial charge >= 0.3 is 6.18 Å². The Morgan fingerprint density at radius 2 is 1.76 bits per heavy atom. The van der Waals surface area contributed by atoms with Crippen LogP contribution in [0.1, 0.15) is 24.0 Å². The van der Waals surface area contributed by atoms with Gasteiger partial charge in [0.1, 0.15) is 17.5 Å². The zero-order chi connectivity index (χ0) is 19.0. The molecule has 2 rings (SSSR count). The minimum atomic E-state index is -4.76. The standard InChI is InChI=1S/C15H17F4NO5/c16-8-1-2-9(15(17,18)19)7(3-8)6-20-13(24)14(25)4-10(21)12(23)11(22)5-14/h1-3,10-12,21-23,25H,4-6H2,(H,20,24)/t10-,11-,12?,14?/m1/s1. The van der Waals surface area contributed by atoms with Gasteiger partial charge in [-0.15, -0.1) is 0 Å². The van der Waals surface area contributed by atoms with E-state index in [1.54, 1.807) is 0 Å². The highest BCUT2D eigenvalue weighted by Crippen LogP contribution is 2.33. The van der Waals surface area contributed by atoms with Crippen molar-refractivity contribution >= 4 is 5.91 Å². The quantitative estimate of drug-likeness (QED) is 0.486. The number of hydrogen-bond acceptors (Lipinski definition) is 5. The summed E-state index contributed by atoms with van der Waals surface area (Å²) in [6.45, 7) is -0.720. The first-order chi connectivity index (χ1) is 11.4. The summed E-state index contributed by atoms with van der Waals surface area (Å²) >= 11 is 0. The van der Waals surface area contributed by atoms with E-state index in [9.17, 15) is 42.8 Å². The molecule has 1 saturated carbocycles. The molecular formula is C15H17F4NO5. The second-order valence-electron chi connectivity index (χ2n) is 6.05. The highest BCUT2D eigenvalue weighted by molar-refractivity contribution is 5.85. The van der Waals surface area contributed by atoms with Crippen molar-refractivity contribution in [1.29, 1.82) is 0 Å². The number of rotatable bonds is 3. The molecule has 0 aromatic heterocycles. The molecule has 5 N–H and O–H groups in total. The number of hydrogen-bond donors (Lipinski definition) is 5. The summed E-state index contributed by atoms with van der Waals surface area (Å²) in [7, 11) is 0. The summed E-state index contributed by atoms with van der Waals surface area (Å²) in [5.41, 5.74) is -3.95. The van der Waals surface area contributed by atoms with Gasteiger partial charge in [0.25, 0.3) is 5.91 Å². The lowest BCUT2D eigenvalue weighted by Gasteiger charge is -2.39. The van der Waals surface area contributed by atoms with E-state index in [-0.39, 0.29) is 0 Å². The highest BCUT2D eigenvalue weighted by atomic mass is 19.4. The SMILES string of the molecule is O=C(NCc1cc(F)ccc1C(F)(F)F)C1(O)C[C@@H](O)C(O)[C@H](O)C1. The minimum absolute atomic E-state index is 0.538. The normalized spacial score (nSPS) is 30.2. The Labute approximate surface area is 139 Å². The van der Waals surface area contributed by atoms with Crippen LogP contribution in [-0.2, 0) is 17.5 Å². The van der Waals surface area contributed by atoms with Gasteiger partial charge in [-0.05, 0) is 23.8 Å². The highest BCUT2D eigenvalue weighted by Gasteiger charge is 2.48. The van der Waals surface area contributed by atoms with Gasteiger partial charge in [-0.2, -0.15) is 13.2 Å². The van der Waals surface area contributed by atoms with E-state index in [2.05, 4.69) is 0 Å². The van der Waals surface area contributed by atoms with Gasteiger partial charge < -0.3 is 25.7 Å². The van der Waals surface area contributed by atoms with Crippen molar-refractivity contribution < 1.29 is 42.8 Å². The largest absolute Gasteiger partial charge is 0.416 e. The smallest absolute Gasteiger partial charge is 0.390 e. The second-order valence-corrected chi connectivity index (χ2v) is 6.05. The van der Waals surface area contributed by atoms with Crippen LogP contribution in [0.25, 0.3) is 0 Å². The number of alkyl halides is 3. The average molecular weight is 367 g/mol. The molecule has 0 heterocycles. The third-order valence-electron chi connectivity index (χ3n) is 4.12. The molecule has 25 heavy (non-hydrogen) atoms. The van der Waals surface area contributed by atoms with Gasteiger partial charge in [-0.3, -0.25) is 4.79 Å². The maximum absolute atomic E-state index is 13.2.